The van der Waals surface area contributed by atoms with Crippen molar-refractivity contribution in [3.05, 3.63) is 88.8 Å². The van der Waals surface area contributed by atoms with Crippen molar-refractivity contribution in [2.24, 2.45) is 16.8 Å². The number of aryl methyl sites for hydroxylation is 1. The minimum Gasteiger partial charge on any atom is -0.462 e. The average molecular weight is 479 g/mol. The molecule has 0 saturated carbocycles. The number of ether oxygens (including phenoxy) is 1. The quantitative estimate of drug-likeness (QED) is 0.412. The highest BCUT2D eigenvalue weighted by molar-refractivity contribution is 6.11. The number of nitriles is 2. The lowest BCUT2D eigenvalue weighted by Gasteiger charge is -2.21. The Balaban J connectivity index is 1.70. The molecular formula is C28H26N6O2. The molecule has 3 aromatic rings. The van der Waals surface area contributed by atoms with Gasteiger partial charge in [0.1, 0.15) is 18.2 Å². The molecule has 0 amide bonds. The van der Waals surface area contributed by atoms with Crippen LogP contribution in [0.1, 0.15) is 34.2 Å². The van der Waals surface area contributed by atoms with Crippen molar-refractivity contribution in [1.82, 2.24) is 4.57 Å². The first kappa shape index (κ1) is 24.5. The van der Waals surface area contributed by atoms with Crippen molar-refractivity contribution in [1.29, 1.82) is 10.5 Å². The number of carbonyl (C=O) groups excluding carboxylic acids is 1. The molecule has 0 spiro atoms. The predicted octanol–water partition coefficient (Wildman–Crippen LogP) is 4.48. The molecule has 2 N–H and O–H groups in total. The molecule has 8 nitrogen and oxygen atoms in total. The monoisotopic (exact) mass is 478 g/mol. The van der Waals surface area contributed by atoms with E-state index in [0.717, 1.165) is 28.3 Å². The highest BCUT2D eigenvalue weighted by Gasteiger charge is 2.37. The molecule has 0 unspecified atom stereocenters. The highest BCUT2D eigenvalue weighted by atomic mass is 16.5. The SMILES string of the molecule is CCOC(=O)c1ccc(-n2c(C)cc(/C=C(/C#N)C3=NN(c4ccccc4)[C@H](N)[C@H]3C#N)c2C)cc1. The lowest BCUT2D eigenvalue weighted by atomic mass is 9.95. The van der Waals surface area contributed by atoms with Crippen LogP contribution in [0.25, 0.3) is 11.8 Å². The van der Waals surface area contributed by atoms with Crippen molar-refractivity contribution in [2.75, 3.05) is 11.6 Å². The fourth-order valence-electron chi connectivity index (χ4n) is 4.33. The Morgan fingerprint density at radius 2 is 1.81 bits per heavy atom. The average Bonchev–Trinajstić information content (AvgIpc) is 3.37. The Morgan fingerprint density at radius 3 is 2.42 bits per heavy atom. The van der Waals surface area contributed by atoms with Crippen LogP contribution in [0.2, 0.25) is 0 Å². The zero-order valence-electron chi connectivity index (χ0n) is 20.3. The molecule has 0 radical (unpaired) electrons. The van der Waals surface area contributed by atoms with Gasteiger partial charge in [-0.05, 0) is 74.9 Å². The van der Waals surface area contributed by atoms with Crippen LogP contribution in [0.4, 0.5) is 5.69 Å². The number of hydrogen-bond donors (Lipinski definition) is 1. The number of para-hydroxylation sites is 1. The third-order valence-electron chi connectivity index (χ3n) is 6.10. The first-order chi connectivity index (χ1) is 17.4. The summed E-state index contributed by atoms with van der Waals surface area (Å²) in [5.74, 6) is -1.12. The molecule has 2 atom stereocenters. The molecule has 1 aromatic heterocycles. The van der Waals surface area contributed by atoms with Crippen molar-refractivity contribution < 1.29 is 9.53 Å². The lowest BCUT2D eigenvalue weighted by Crippen LogP contribution is -2.40. The number of rotatable bonds is 6. The van der Waals surface area contributed by atoms with Crippen molar-refractivity contribution in [2.45, 2.75) is 26.9 Å². The number of benzene rings is 2. The number of allylic oxidation sites excluding steroid dienone is 1. The zero-order chi connectivity index (χ0) is 25.8. The van der Waals surface area contributed by atoms with Crippen LogP contribution >= 0.6 is 0 Å². The molecule has 0 fully saturated rings. The molecular weight excluding hydrogens is 452 g/mol. The van der Waals surface area contributed by atoms with Crippen molar-refractivity contribution in [3.63, 3.8) is 0 Å². The second-order valence-electron chi connectivity index (χ2n) is 8.36. The number of nitrogens with zero attached hydrogens (tertiary/aromatic N) is 5. The molecule has 8 heteroatoms. The maximum Gasteiger partial charge on any atom is 0.338 e. The van der Waals surface area contributed by atoms with Gasteiger partial charge in [0.25, 0.3) is 0 Å². The molecule has 2 heterocycles. The molecule has 0 bridgehead atoms. The normalized spacial score (nSPS) is 17.3. The zero-order valence-corrected chi connectivity index (χ0v) is 20.3. The van der Waals surface area contributed by atoms with E-state index in [1.807, 2.05) is 66.9 Å². The van der Waals surface area contributed by atoms with Crippen LogP contribution in [-0.2, 0) is 4.74 Å². The molecule has 36 heavy (non-hydrogen) atoms. The summed E-state index contributed by atoms with van der Waals surface area (Å²) in [6.45, 7) is 6.01. The van der Waals surface area contributed by atoms with E-state index in [1.54, 1.807) is 30.1 Å². The number of carbonyl (C=O) groups is 1. The van der Waals surface area contributed by atoms with Crippen LogP contribution in [-0.4, -0.2) is 29.0 Å². The molecule has 0 aliphatic carbocycles. The predicted molar refractivity (Wildman–Crippen MR) is 138 cm³/mol. The van der Waals surface area contributed by atoms with Gasteiger partial charge in [0.15, 0.2) is 0 Å². The highest BCUT2D eigenvalue weighted by Crippen LogP contribution is 2.30. The van der Waals surface area contributed by atoms with Crippen LogP contribution in [0.5, 0.6) is 0 Å². The van der Waals surface area contributed by atoms with Crippen molar-refractivity contribution >= 4 is 23.4 Å². The molecule has 4 rings (SSSR count). The van der Waals surface area contributed by atoms with Gasteiger partial charge in [-0.3, -0.25) is 0 Å². The van der Waals surface area contributed by atoms with Gasteiger partial charge in [-0.2, -0.15) is 15.6 Å². The van der Waals surface area contributed by atoms with E-state index in [4.69, 9.17) is 10.5 Å². The Labute approximate surface area is 210 Å². The van der Waals surface area contributed by atoms with E-state index in [2.05, 4.69) is 17.2 Å². The number of hydrazone groups is 1. The van der Waals surface area contributed by atoms with E-state index in [0.29, 0.717) is 17.9 Å². The summed E-state index contributed by atoms with van der Waals surface area (Å²) in [5, 5.41) is 26.0. The van der Waals surface area contributed by atoms with Crippen LogP contribution < -0.4 is 10.7 Å². The number of esters is 1. The maximum atomic E-state index is 12.0. The number of aromatic nitrogens is 1. The summed E-state index contributed by atoms with van der Waals surface area (Å²) < 4.78 is 7.10. The number of anilines is 1. The standard InChI is InChI=1S/C28H26N6O2/c1-4-36-28(35)20-10-12-23(13-11-20)33-18(2)14-21(19(33)3)15-22(16-29)26-25(17-30)27(31)34(32-26)24-8-6-5-7-9-24/h5-15,25,27H,4,31H2,1-3H3/b22-15-/t25-,27-/m0/s1. The molecule has 1 aliphatic rings. The Hall–Kier alpha value is -4.66. The summed E-state index contributed by atoms with van der Waals surface area (Å²) in [6.07, 6.45) is 1.05. The van der Waals surface area contributed by atoms with Crippen LogP contribution in [0.3, 0.4) is 0 Å². The Kier molecular flexibility index (Phi) is 7.00. The van der Waals surface area contributed by atoms with Crippen LogP contribution in [0, 0.1) is 42.4 Å². The van der Waals surface area contributed by atoms with E-state index < -0.39 is 12.1 Å². The first-order valence-corrected chi connectivity index (χ1v) is 11.6. The van der Waals surface area contributed by atoms with Gasteiger partial charge in [0, 0.05) is 17.1 Å². The minimum absolute atomic E-state index is 0.286. The van der Waals surface area contributed by atoms with E-state index in [9.17, 15) is 15.3 Å². The fraction of sp³-hybridized carbons (Fsp3) is 0.214. The van der Waals surface area contributed by atoms with E-state index >= 15 is 0 Å². The van der Waals surface area contributed by atoms with Gasteiger partial charge < -0.3 is 15.0 Å². The summed E-state index contributed by atoms with van der Waals surface area (Å²) in [5.41, 5.74) is 11.8. The Bertz CT molecular complexity index is 1420. The van der Waals surface area contributed by atoms with Crippen molar-refractivity contribution in [3.8, 4) is 17.8 Å². The molecule has 2 aromatic carbocycles. The Morgan fingerprint density at radius 1 is 1.11 bits per heavy atom. The molecule has 180 valence electrons. The summed E-state index contributed by atoms with van der Waals surface area (Å²) in [4.78, 5) is 12.0. The summed E-state index contributed by atoms with van der Waals surface area (Å²) >= 11 is 0. The molecule has 1 aliphatic heterocycles. The van der Waals surface area contributed by atoms with Gasteiger partial charge in [0.2, 0.25) is 0 Å². The number of hydrogen-bond acceptors (Lipinski definition) is 7. The summed E-state index contributed by atoms with van der Waals surface area (Å²) in [6, 6.07) is 22.9. The summed E-state index contributed by atoms with van der Waals surface area (Å²) in [7, 11) is 0. The van der Waals surface area contributed by atoms with Gasteiger partial charge in [0.05, 0.1) is 35.2 Å². The topological polar surface area (TPSA) is 120 Å². The van der Waals surface area contributed by atoms with E-state index in [-0.39, 0.29) is 11.5 Å². The molecule has 0 saturated heterocycles. The lowest BCUT2D eigenvalue weighted by molar-refractivity contribution is 0.0526. The number of nitrogens with two attached hydrogens (primary N) is 1. The van der Waals surface area contributed by atoms with Gasteiger partial charge >= 0.3 is 5.97 Å². The van der Waals surface area contributed by atoms with Crippen LogP contribution in [0.15, 0.2) is 71.3 Å². The second-order valence-corrected chi connectivity index (χ2v) is 8.36. The van der Waals surface area contributed by atoms with Gasteiger partial charge in [-0.15, -0.1) is 0 Å². The largest absolute Gasteiger partial charge is 0.462 e. The maximum absolute atomic E-state index is 12.0. The van der Waals surface area contributed by atoms with Gasteiger partial charge in [-0.1, -0.05) is 18.2 Å². The van der Waals surface area contributed by atoms with Gasteiger partial charge in [-0.25, -0.2) is 9.80 Å². The van der Waals surface area contributed by atoms with E-state index in [1.165, 1.54) is 0 Å². The third kappa shape index (κ3) is 4.50. The minimum atomic E-state index is -0.755. The third-order valence-corrected chi connectivity index (χ3v) is 6.10. The smallest absolute Gasteiger partial charge is 0.338 e. The fourth-order valence-corrected chi connectivity index (χ4v) is 4.33. The first-order valence-electron chi connectivity index (χ1n) is 11.6. The second kappa shape index (κ2) is 10.3.